The fraction of sp³-hybridized carbons (Fsp3) is 0.692. The summed E-state index contributed by atoms with van der Waals surface area (Å²) in [5, 5.41) is 0. The van der Waals surface area contributed by atoms with E-state index in [0.29, 0.717) is 12.5 Å². The average Bonchev–Trinajstić information content (AvgIpc) is 2.81. The fourth-order valence-electron chi connectivity index (χ4n) is 2.98. The number of rotatable bonds is 1. The van der Waals surface area contributed by atoms with Crippen LogP contribution in [0, 0.1) is 0 Å². The van der Waals surface area contributed by atoms with Crippen LogP contribution in [0.3, 0.4) is 0 Å². The standard InChI is InChI=1S/C13H19N3OS/c1-9-13(17)15(2)8-11-7-14-12(16(9)11)10-3-5-18-6-4-10/h7,9-10H,3-6,8H2,1-2H3. The van der Waals surface area contributed by atoms with E-state index < -0.39 is 0 Å². The molecule has 2 aliphatic heterocycles. The minimum atomic E-state index is -0.0918. The lowest BCUT2D eigenvalue weighted by atomic mass is 10.0. The summed E-state index contributed by atoms with van der Waals surface area (Å²) in [5.41, 5.74) is 1.18. The normalized spacial score (nSPS) is 25.3. The summed E-state index contributed by atoms with van der Waals surface area (Å²) in [6.45, 7) is 2.68. The van der Waals surface area contributed by atoms with Crippen LogP contribution in [0.25, 0.3) is 0 Å². The van der Waals surface area contributed by atoms with Crippen LogP contribution >= 0.6 is 11.8 Å². The molecule has 98 valence electrons. The van der Waals surface area contributed by atoms with Crippen molar-refractivity contribution >= 4 is 17.7 Å². The number of likely N-dealkylation sites (N-methyl/N-ethyl adjacent to an activating group) is 1. The van der Waals surface area contributed by atoms with E-state index in [-0.39, 0.29) is 11.9 Å². The van der Waals surface area contributed by atoms with E-state index in [2.05, 4.69) is 9.55 Å². The molecule has 4 nitrogen and oxygen atoms in total. The van der Waals surface area contributed by atoms with Crippen LogP contribution < -0.4 is 0 Å². The van der Waals surface area contributed by atoms with Gasteiger partial charge in [-0.3, -0.25) is 4.79 Å². The van der Waals surface area contributed by atoms with Crippen LogP contribution in [-0.4, -0.2) is 38.9 Å². The number of fused-ring (bicyclic) bond motifs is 1. The van der Waals surface area contributed by atoms with Gasteiger partial charge < -0.3 is 9.47 Å². The van der Waals surface area contributed by atoms with Gasteiger partial charge in [0.05, 0.1) is 18.4 Å². The topological polar surface area (TPSA) is 38.1 Å². The van der Waals surface area contributed by atoms with E-state index in [9.17, 15) is 4.79 Å². The molecule has 18 heavy (non-hydrogen) atoms. The van der Waals surface area contributed by atoms with E-state index in [1.54, 1.807) is 4.90 Å². The monoisotopic (exact) mass is 265 g/mol. The molecule has 1 amide bonds. The van der Waals surface area contributed by atoms with Gasteiger partial charge in [0.1, 0.15) is 11.9 Å². The van der Waals surface area contributed by atoms with Gasteiger partial charge in [-0.15, -0.1) is 0 Å². The summed E-state index contributed by atoms with van der Waals surface area (Å²) >= 11 is 2.02. The fourth-order valence-corrected chi connectivity index (χ4v) is 4.09. The zero-order chi connectivity index (χ0) is 12.7. The van der Waals surface area contributed by atoms with Crippen molar-refractivity contribution in [3.8, 4) is 0 Å². The van der Waals surface area contributed by atoms with Crippen molar-refractivity contribution in [2.45, 2.75) is 38.3 Å². The quantitative estimate of drug-likeness (QED) is 0.780. The molecule has 0 saturated carbocycles. The first-order chi connectivity index (χ1) is 8.68. The van der Waals surface area contributed by atoms with Gasteiger partial charge in [0.2, 0.25) is 5.91 Å². The third-order valence-corrected chi connectivity index (χ3v) is 5.06. The van der Waals surface area contributed by atoms with E-state index in [1.807, 2.05) is 31.9 Å². The van der Waals surface area contributed by atoms with Crippen LogP contribution in [0.1, 0.15) is 43.2 Å². The molecule has 0 aliphatic carbocycles. The Balaban J connectivity index is 1.96. The van der Waals surface area contributed by atoms with Gasteiger partial charge >= 0.3 is 0 Å². The number of hydrogen-bond acceptors (Lipinski definition) is 3. The van der Waals surface area contributed by atoms with E-state index >= 15 is 0 Å². The van der Waals surface area contributed by atoms with Gasteiger partial charge in [0.25, 0.3) is 0 Å². The Morgan fingerprint density at radius 3 is 2.83 bits per heavy atom. The van der Waals surface area contributed by atoms with Crippen molar-refractivity contribution < 1.29 is 4.79 Å². The molecule has 1 aromatic rings. The average molecular weight is 265 g/mol. The number of hydrogen-bond donors (Lipinski definition) is 0. The summed E-state index contributed by atoms with van der Waals surface area (Å²) in [5.74, 6) is 4.31. The number of imidazole rings is 1. The predicted molar refractivity (Wildman–Crippen MR) is 72.7 cm³/mol. The summed E-state index contributed by atoms with van der Waals surface area (Å²) < 4.78 is 2.18. The summed E-state index contributed by atoms with van der Waals surface area (Å²) in [7, 11) is 1.87. The van der Waals surface area contributed by atoms with Crippen LogP contribution in [0.4, 0.5) is 0 Å². The molecule has 5 heteroatoms. The highest BCUT2D eigenvalue weighted by molar-refractivity contribution is 7.99. The Bertz CT molecular complexity index is 465. The zero-order valence-electron chi connectivity index (χ0n) is 10.9. The van der Waals surface area contributed by atoms with Gasteiger partial charge in [-0.25, -0.2) is 4.98 Å². The molecule has 1 aromatic heterocycles. The Labute approximate surface area is 112 Å². The smallest absolute Gasteiger partial charge is 0.245 e. The maximum absolute atomic E-state index is 12.1. The van der Waals surface area contributed by atoms with Crippen molar-refractivity contribution in [1.82, 2.24) is 14.5 Å². The van der Waals surface area contributed by atoms with Crippen molar-refractivity contribution in [2.24, 2.45) is 0 Å². The molecule has 2 aliphatic rings. The molecule has 1 saturated heterocycles. The zero-order valence-corrected chi connectivity index (χ0v) is 11.7. The summed E-state index contributed by atoms with van der Waals surface area (Å²) in [6.07, 6.45) is 4.34. The third kappa shape index (κ3) is 1.85. The largest absolute Gasteiger partial charge is 0.338 e. The Kier molecular flexibility index (Phi) is 3.09. The van der Waals surface area contributed by atoms with E-state index in [0.717, 1.165) is 5.82 Å². The minimum absolute atomic E-state index is 0.0918. The van der Waals surface area contributed by atoms with Crippen molar-refractivity contribution in [2.75, 3.05) is 18.6 Å². The minimum Gasteiger partial charge on any atom is -0.338 e. The molecule has 0 spiro atoms. The SMILES string of the molecule is CC1C(=O)N(C)Cc2cnc(C3CCSCC3)n21. The van der Waals surface area contributed by atoms with Crippen LogP contribution in [0.2, 0.25) is 0 Å². The van der Waals surface area contributed by atoms with Crippen molar-refractivity contribution in [3.63, 3.8) is 0 Å². The molecule has 0 aromatic carbocycles. The van der Waals surface area contributed by atoms with Gasteiger partial charge in [-0.05, 0) is 31.3 Å². The lowest BCUT2D eigenvalue weighted by Crippen LogP contribution is -2.39. The lowest BCUT2D eigenvalue weighted by Gasteiger charge is -2.32. The van der Waals surface area contributed by atoms with E-state index in [1.165, 1.54) is 30.0 Å². The molecule has 0 N–H and O–H groups in total. The first kappa shape index (κ1) is 12.1. The van der Waals surface area contributed by atoms with Crippen molar-refractivity contribution in [1.29, 1.82) is 0 Å². The van der Waals surface area contributed by atoms with Gasteiger partial charge in [0.15, 0.2) is 0 Å². The van der Waals surface area contributed by atoms with Gasteiger partial charge in [-0.2, -0.15) is 11.8 Å². The highest BCUT2D eigenvalue weighted by Gasteiger charge is 2.32. The van der Waals surface area contributed by atoms with Gasteiger partial charge in [-0.1, -0.05) is 0 Å². The second kappa shape index (κ2) is 4.61. The molecule has 0 bridgehead atoms. The molecule has 1 fully saturated rings. The second-order valence-corrected chi connectivity index (χ2v) is 6.46. The maximum atomic E-state index is 12.1. The van der Waals surface area contributed by atoms with Crippen LogP contribution in [0.15, 0.2) is 6.20 Å². The number of thioether (sulfide) groups is 1. The third-order valence-electron chi connectivity index (χ3n) is 4.01. The molecule has 3 heterocycles. The van der Waals surface area contributed by atoms with Gasteiger partial charge in [0, 0.05) is 13.0 Å². The van der Waals surface area contributed by atoms with Crippen molar-refractivity contribution in [3.05, 3.63) is 17.7 Å². The van der Waals surface area contributed by atoms with Crippen LogP contribution in [-0.2, 0) is 11.3 Å². The number of carbonyl (C=O) groups excluding carboxylic acids is 1. The molecular formula is C13H19N3OS. The number of amides is 1. The predicted octanol–water partition coefficient (Wildman–Crippen LogP) is 2.03. The summed E-state index contributed by atoms with van der Waals surface area (Å²) in [4.78, 5) is 18.5. The number of aromatic nitrogens is 2. The number of carbonyl (C=O) groups is 1. The molecule has 3 rings (SSSR count). The number of nitrogens with zero attached hydrogens (tertiary/aromatic N) is 3. The Morgan fingerprint density at radius 1 is 1.39 bits per heavy atom. The lowest BCUT2D eigenvalue weighted by molar-refractivity contribution is -0.135. The maximum Gasteiger partial charge on any atom is 0.245 e. The highest BCUT2D eigenvalue weighted by Crippen LogP contribution is 2.34. The van der Waals surface area contributed by atoms with E-state index in [4.69, 9.17) is 0 Å². The Morgan fingerprint density at radius 2 is 2.11 bits per heavy atom. The summed E-state index contributed by atoms with van der Waals surface area (Å²) in [6, 6.07) is -0.0918. The first-order valence-electron chi connectivity index (χ1n) is 6.57. The first-order valence-corrected chi connectivity index (χ1v) is 7.72. The van der Waals surface area contributed by atoms with Crippen LogP contribution in [0.5, 0.6) is 0 Å². The second-order valence-electron chi connectivity index (χ2n) is 5.23. The Hall–Kier alpha value is -0.970. The molecular weight excluding hydrogens is 246 g/mol. The molecule has 0 radical (unpaired) electrons. The molecule has 1 atom stereocenters. The highest BCUT2D eigenvalue weighted by atomic mass is 32.2. The molecule has 1 unspecified atom stereocenters.